The van der Waals surface area contributed by atoms with Gasteiger partial charge in [-0.15, -0.1) is 0 Å². The largest absolute Gasteiger partial charge is 0.444 e. The maximum absolute atomic E-state index is 12.6. The van der Waals surface area contributed by atoms with E-state index in [-0.39, 0.29) is 17.7 Å². The molecule has 2 aliphatic rings. The van der Waals surface area contributed by atoms with Crippen molar-refractivity contribution in [3.05, 3.63) is 33.9 Å². The van der Waals surface area contributed by atoms with E-state index in [0.29, 0.717) is 18.1 Å². The van der Waals surface area contributed by atoms with Gasteiger partial charge in [-0.1, -0.05) is 0 Å². The molecule has 0 radical (unpaired) electrons. The summed E-state index contributed by atoms with van der Waals surface area (Å²) >= 11 is 0. The number of nitrogens with zero attached hydrogens (tertiary/aromatic N) is 3. The second kappa shape index (κ2) is 6.14. The minimum absolute atomic E-state index is 0.119. The van der Waals surface area contributed by atoms with Crippen molar-refractivity contribution in [1.29, 1.82) is 0 Å². The first-order valence-corrected chi connectivity index (χ1v) is 9.44. The lowest BCUT2D eigenvalue weighted by Crippen LogP contribution is -2.42. The van der Waals surface area contributed by atoms with Crippen LogP contribution in [0.1, 0.15) is 76.2 Å². The summed E-state index contributed by atoms with van der Waals surface area (Å²) in [5, 5.41) is 4.51. The highest BCUT2D eigenvalue weighted by molar-refractivity contribution is 5.69. The average molecular weight is 358 g/mol. The number of piperidine rings is 1. The Bertz CT molecular complexity index is 888. The van der Waals surface area contributed by atoms with Crippen molar-refractivity contribution >= 4 is 11.7 Å². The van der Waals surface area contributed by atoms with Gasteiger partial charge in [-0.3, -0.25) is 9.69 Å². The molecule has 2 aromatic heterocycles. The van der Waals surface area contributed by atoms with Crippen LogP contribution >= 0.6 is 0 Å². The van der Waals surface area contributed by atoms with Gasteiger partial charge in [0.15, 0.2) is 0 Å². The van der Waals surface area contributed by atoms with Crippen LogP contribution in [0.2, 0.25) is 0 Å². The van der Waals surface area contributed by atoms with Crippen molar-refractivity contribution in [1.82, 2.24) is 19.5 Å². The maximum atomic E-state index is 12.6. The molecule has 26 heavy (non-hydrogen) atoms. The number of hydrogen-bond acceptors (Lipinski definition) is 4. The number of aromatic amines is 1. The van der Waals surface area contributed by atoms with E-state index in [0.717, 1.165) is 43.5 Å². The summed E-state index contributed by atoms with van der Waals surface area (Å²) in [6.45, 7) is 6.25. The van der Waals surface area contributed by atoms with E-state index in [1.165, 1.54) is 4.52 Å². The molecular formula is C19H26N4O3. The molecule has 1 atom stereocenters. The highest BCUT2D eigenvalue weighted by Crippen LogP contribution is 2.38. The molecule has 0 aromatic carbocycles. The zero-order valence-corrected chi connectivity index (χ0v) is 15.6. The van der Waals surface area contributed by atoms with E-state index >= 15 is 0 Å². The van der Waals surface area contributed by atoms with Crippen LogP contribution < -0.4 is 5.56 Å². The molecule has 1 amide bonds. The van der Waals surface area contributed by atoms with Crippen LogP contribution in [-0.4, -0.2) is 37.7 Å². The molecule has 1 N–H and O–H groups in total. The van der Waals surface area contributed by atoms with E-state index in [2.05, 4.69) is 10.1 Å². The van der Waals surface area contributed by atoms with Gasteiger partial charge in [0.25, 0.3) is 5.56 Å². The number of ether oxygens (including phenoxy) is 1. The van der Waals surface area contributed by atoms with Gasteiger partial charge in [0.05, 0.1) is 11.7 Å². The Morgan fingerprint density at radius 2 is 2.00 bits per heavy atom. The molecule has 0 unspecified atom stereocenters. The first kappa shape index (κ1) is 17.1. The monoisotopic (exact) mass is 358 g/mol. The van der Waals surface area contributed by atoms with E-state index in [9.17, 15) is 9.59 Å². The van der Waals surface area contributed by atoms with Crippen LogP contribution in [0.25, 0.3) is 5.65 Å². The van der Waals surface area contributed by atoms with Gasteiger partial charge < -0.3 is 9.72 Å². The summed E-state index contributed by atoms with van der Waals surface area (Å²) in [4.78, 5) is 30.1. The number of H-pyrrole nitrogens is 1. The molecule has 1 aliphatic heterocycles. The van der Waals surface area contributed by atoms with Crippen LogP contribution in [0.3, 0.4) is 0 Å². The van der Waals surface area contributed by atoms with Gasteiger partial charge in [-0.2, -0.15) is 9.61 Å². The predicted octanol–water partition coefficient (Wildman–Crippen LogP) is 3.36. The second-order valence-electron chi connectivity index (χ2n) is 8.39. The Morgan fingerprint density at radius 3 is 2.69 bits per heavy atom. The first-order chi connectivity index (χ1) is 12.3. The number of fused-ring (bicyclic) bond motifs is 1. The lowest BCUT2D eigenvalue weighted by atomic mass is 10.00. The molecule has 1 saturated heterocycles. The summed E-state index contributed by atoms with van der Waals surface area (Å²) in [5.74, 6) is 0.471. The third kappa shape index (κ3) is 3.34. The van der Waals surface area contributed by atoms with E-state index in [4.69, 9.17) is 4.74 Å². The SMILES string of the molecule is CC(C)(C)OC(=O)N1CCCC[C@H]1c1cc2[nH]c(C3CC3)cc(=O)n2n1. The van der Waals surface area contributed by atoms with Crippen molar-refractivity contribution in [2.75, 3.05) is 6.54 Å². The number of likely N-dealkylation sites (tertiary alicyclic amines) is 1. The van der Waals surface area contributed by atoms with Gasteiger partial charge in [-0.05, 0) is 58.8 Å². The quantitative estimate of drug-likeness (QED) is 0.893. The van der Waals surface area contributed by atoms with E-state index in [1.807, 2.05) is 26.8 Å². The summed E-state index contributed by atoms with van der Waals surface area (Å²) in [6.07, 6.45) is 4.74. The topological polar surface area (TPSA) is 79.7 Å². The smallest absolute Gasteiger partial charge is 0.410 e. The van der Waals surface area contributed by atoms with Crippen molar-refractivity contribution in [3.63, 3.8) is 0 Å². The number of aromatic nitrogens is 3. The van der Waals surface area contributed by atoms with Crippen molar-refractivity contribution in [2.24, 2.45) is 0 Å². The molecule has 1 aliphatic carbocycles. The van der Waals surface area contributed by atoms with Gasteiger partial charge in [0, 0.05) is 24.4 Å². The lowest BCUT2D eigenvalue weighted by molar-refractivity contribution is 0.00897. The zero-order chi connectivity index (χ0) is 18.5. The number of carbonyl (C=O) groups excluding carboxylic acids is 1. The summed E-state index contributed by atoms with van der Waals surface area (Å²) in [6, 6.07) is 3.39. The molecule has 140 valence electrons. The van der Waals surface area contributed by atoms with Crippen molar-refractivity contribution in [3.8, 4) is 0 Å². The van der Waals surface area contributed by atoms with Crippen LogP contribution in [0.15, 0.2) is 16.9 Å². The van der Waals surface area contributed by atoms with Crippen LogP contribution in [-0.2, 0) is 4.74 Å². The summed E-state index contributed by atoms with van der Waals surface area (Å²) in [5.41, 5.74) is 1.78. The third-order valence-electron chi connectivity index (χ3n) is 4.98. The van der Waals surface area contributed by atoms with Crippen LogP contribution in [0.4, 0.5) is 4.79 Å². The molecule has 0 bridgehead atoms. The average Bonchev–Trinajstić information content (AvgIpc) is 3.32. The Hall–Kier alpha value is -2.31. The summed E-state index contributed by atoms with van der Waals surface area (Å²) < 4.78 is 6.97. The van der Waals surface area contributed by atoms with E-state index in [1.54, 1.807) is 11.0 Å². The van der Waals surface area contributed by atoms with Gasteiger partial charge in [-0.25, -0.2) is 4.79 Å². The summed E-state index contributed by atoms with van der Waals surface area (Å²) in [7, 11) is 0. The number of rotatable bonds is 2. The van der Waals surface area contributed by atoms with Gasteiger partial charge in [0.1, 0.15) is 11.2 Å². The van der Waals surface area contributed by atoms with Crippen LogP contribution in [0.5, 0.6) is 0 Å². The molecule has 7 nitrogen and oxygen atoms in total. The Labute approximate surface area is 152 Å². The molecule has 7 heteroatoms. The molecule has 4 rings (SSSR count). The van der Waals surface area contributed by atoms with Crippen molar-refractivity contribution < 1.29 is 9.53 Å². The maximum Gasteiger partial charge on any atom is 0.410 e. The molecule has 0 spiro atoms. The number of carbonyl (C=O) groups is 1. The minimum Gasteiger partial charge on any atom is -0.444 e. The Kier molecular flexibility index (Phi) is 4.04. The number of nitrogens with one attached hydrogen (secondary N) is 1. The fourth-order valence-electron chi connectivity index (χ4n) is 3.59. The fourth-order valence-corrected chi connectivity index (χ4v) is 3.59. The van der Waals surface area contributed by atoms with Crippen molar-refractivity contribution in [2.45, 2.75) is 70.4 Å². The van der Waals surface area contributed by atoms with Crippen LogP contribution in [0, 0.1) is 0 Å². The fraction of sp³-hybridized carbons (Fsp3) is 0.632. The number of amides is 1. The van der Waals surface area contributed by atoms with E-state index < -0.39 is 5.60 Å². The van der Waals surface area contributed by atoms with Gasteiger partial charge >= 0.3 is 6.09 Å². The molecule has 2 fully saturated rings. The molecule has 2 aromatic rings. The Balaban J connectivity index is 1.66. The first-order valence-electron chi connectivity index (χ1n) is 9.44. The number of hydrogen-bond donors (Lipinski definition) is 1. The normalized spacial score (nSPS) is 21.2. The molecular weight excluding hydrogens is 332 g/mol. The zero-order valence-electron chi connectivity index (χ0n) is 15.6. The minimum atomic E-state index is -0.535. The predicted molar refractivity (Wildman–Crippen MR) is 97.3 cm³/mol. The lowest BCUT2D eigenvalue weighted by Gasteiger charge is -2.35. The standard InChI is InChI=1S/C19H26N4O3/c1-19(2,3)26-18(25)22-9-5-4-6-15(22)14-10-16-20-13(12-7-8-12)11-17(24)23(16)21-14/h10-12,15,20H,4-9H2,1-3H3/t15-/m0/s1. The van der Waals surface area contributed by atoms with Gasteiger partial charge in [0.2, 0.25) is 0 Å². The molecule has 1 saturated carbocycles. The second-order valence-corrected chi connectivity index (χ2v) is 8.39. The molecule has 3 heterocycles. The Morgan fingerprint density at radius 1 is 1.23 bits per heavy atom. The highest BCUT2D eigenvalue weighted by Gasteiger charge is 2.33. The third-order valence-corrected chi connectivity index (χ3v) is 4.98. The highest BCUT2D eigenvalue weighted by atomic mass is 16.6.